The number of carbonyl (C=O) groups is 1. The second-order valence-electron chi connectivity index (χ2n) is 3.48. The molecule has 17 heavy (non-hydrogen) atoms. The van der Waals surface area contributed by atoms with Gasteiger partial charge in [-0.15, -0.1) is 0 Å². The first kappa shape index (κ1) is 12.7. The fraction of sp³-hybridized carbons (Fsp3) is 0.154. The quantitative estimate of drug-likeness (QED) is 0.491. The molecule has 0 fully saturated rings. The van der Waals surface area contributed by atoms with E-state index in [1.54, 1.807) is 24.3 Å². The third kappa shape index (κ3) is 3.58. The van der Waals surface area contributed by atoms with Crippen molar-refractivity contribution in [3.05, 3.63) is 41.2 Å². The summed E-state index contributed by atoms with van der Waals surface area (Å²) in [6.07, 6.45) is 1.30. The molecule has 0 aromatic heterocycles. The maximum atomic E-state index is 11.2. The molecule has 0 unspecified atom stereocenters. The number of hydrogen-bond acceptors (Lipinski definition) is 4. The smallest absolute Gasteiger partial charge is 0.164 e. The van der Waals surface area contributed by atoms with Crippen molar-refractivity contribution in [2.75, 3.05) is 0 Å². The molecule has 0 aliphatic rings. The van der Waals surface area contributed by atoms with Gasteiger partial charge < -0.3 is 5.11 Å². The van der Waals surface area contributed by atoms with Crippen molar-refractivity contribution in [2.45, 2.75) is 13.8 Å². The van der Waals surface area contributed by atoms with Crippen molar-refractivity contribution in [1.29, 1.82) is 5.26 Å². The fourth-order valence-corrected chi connectivity index (χ4v) is 1.23. The molecule has 0 aliphatic carbocycles. The molecule has 0 spiro atoms. The Kier molecular flexibility index (Phi) is 4.18. The van der Waals surface area contributed by atoms with Crippen molar-refractivity contribution < 1.29 is 9.90 Å². The van der Waals surface area contributed by atoms with E-state index in [0.29, 0.717) is 11.3 Å². The molecule has 0 saturated heterocycles. The van der Waals surface area contributed by atoms with Gasteiger partial charge in [0.15, 0.2) is 5.78 Å². The minimum Gasteiger partial charge on any atom is -0.512 e. The number of benzene rings is 1. The summed E-state index contributed by atoms with van der Waals surface area (Å²) in [5.74, 6) is -0.331. The van der Waals surface area contributed by atoms with Crippen LogP contribution < -0.4 is 0 Å². The van der Waals surface area contributed by atoms with Crippen LogP contribution in [0.4, 0.5) is 5.69 Å². The van der Waals surface area contributed by atoms with Crippen LogP contribution in [0.2, 0.25) is 0 Å². The topological polar surface area (TPSA) is 73.5 Å². The normalized spacial score (nSPS) is 12.1. The number of aliphatic hydroxyl groups excluding tert-OH is 1. The molecular weight excluding hydrogens is 216 g/mol. The number of allylic oxidation sites excluding steroid dienone is 2. The average Bonchev–Trinajstić information content (AvgIpc) is 2.28. The molecule has 0 saturated carbocycles. The zero-order chi connectivity index (χ0) is 12.8. The third-order valence-corrected chi connectivity index (χ3v) is 2.09. The Bertz CT molecular complexity index is 533. The summed E-state index contributed by atoms with van der Waals surface area (Å²) in [7, 11) is 0. The Morgan fingerprint density at radius 2 is 2.18 bits per heavy atom. The first-order valence-corrected chi connectivity index (χ1v) is 4.99. The number of aliphatic hydroxyl groups is 1. The van der Waals surface area contributed by atoms with E-state index in [4.69, 9.17) is 5.26 Å². The molecule has 0 atom stereocenters. The van der Waals surface area contributed by atoms with E-state index < -0.39 is 0 Å². The highest BCUT2D eigenvalue weighted by molar-refractivity contribution is 6.12. The first-order chi connectivity index (χ1) is 8.04. The van der Waals surface area contributed by atoms with Crippen molar-refractivity contribution >= 4 is 17.7 Å². The predicted octanol–water partition coefficient (Wildman–Crippen LogP) is 2.68. The Labute approximate surface area is 99.5 Å². The zero-order valence-electron chi connectivity index (χ0n) is 9.64. The molecular formula is C13H12N2O2. The number of nitrogens with zero attached hydrogens (tertiary/aromatic N) is 2. The summed E-state index contributed by atoms with van der Waals surface area (Å²) in [6.45, 7) is 2.78. The van der Waals surface area contributed by atoms with Crippen LogP contribution in [0, 0.1) is 11.3 Å². The number of aliphatic imine (C=N–C) groups is 1. The third-order valence-electron chi connectivity index (χ3n) is 2.09. The Balaban J connectivity index is 3.02. The number of hydrogen-bond donors (Lipinski definition) is 1. The minimum absolute atomic E-state index is 0.0716. The predicted molar refractivity (Wildman–Crippen MR) is 65.3 cm³/mol. The van der Waals surface area contributed by atoms with Crippen LogP contribution in [0.3, 0.4) is 0 Å². The average molecular weight is 228 g/mol. The fourth-order valence-electron chi connectivity index (χ4n) is 1.23. The molecule has 0 amide bonds. The molecule has 4 heteroatoms. The van der Waals surface area contributed by atoms with Crippen LogP contribution in [-0.4, -0.2) is 17.1 Å². The van der Waals surface area contributed by atoms with E-state index in [1.165, 1.54) is 20.1 Å². The van der Waals surface area contributed by atoms with E-state index >= 15 is 0 Å². The van der Waals surface area contributed by atoms with Gasteiger partial charge in [0.25, 0.3) is 0 Å². The molecule has 0 radical (unpaired) electrons. The molecule has 4 nitrogen and oxygen atoms in total. The minimum atomic E-state index is -0.259. The summed E-state index contributed by atoms with van der Waals surface area (Å²) in [5, 5.41) is 18.0. The van der Waals surface area contributed by atoms with Gasteiger partial charge in [0.1, 0.15) is 5.76 Å². The largest absolute Gasteiger partial charge is 0.512 e. The highest BCUT2D eigenvalue weighted by Gasteiger charge is 2.04. The van der Waals surface area contributed by atoms with Gasteiger partial charge in [-0.2, -0.15) is 5.26 Å². The second kappa shape index (κ2) is 5.61. The van der Waals surface area contributed by atoms with Crippen molar-refractivity contribution in [1.82, 2.24) is 0 Å². The molecule has 0 aliphatic heterocycles. The van der Waals surface area contributed by atoms with Crippen LogP contribution in [0.25, 0.3) is 0 Å². The van der Waals surface area contributed by atoms with Gasteiger partial charge in [-0.3, -0.25) is 9.79 Å². The maximum Gasteiger partial charge on any atom is 0.164 e. The van der Waals surface area contributed by atoms with Gasteiger partial charge in [-0.1, -0.05) is 6.07 Å². The van der Waals surface area contributed by atoms with Crippen LogP contribution in [-0.2, 0) is 4.79 Å². The maximum absolute atomic E-state index is 11.2. The van der Waals surface area contributed by atoms with E-state index in [-0.39, 0.29) is 17.1 Å². The van der Waals surface area contributed by atoms with Gasteiger partial charge in [0.2, 0.25) is 0 Å². The van der Waals surface area contributed by atoms with Crippen LogP contribution in [0.5, 0.6) is 0 Å². The van der Waals surface area contributed by atoms with Crippen LogP contribution in [0.15, 0.2) is 40.6 Å². The number of nitriles is 1. The lowest BCUT2D eigenvalue weighted by atomic mass is 10.2. The van der Waals surface area contributed by atoms with Gasteiger partial charge in [-0.05, 0) is 32.0 Å². The number of rotatable bonds is 3. The van der Waals surface area contributed by atoms with Crippen molar-refractivity contribution in [3.8, 4) is 6.07 Å². The second-order valence-corrected chi connectivity index (χ2v) is 3.48. The summed E-state index contributed by atoms with van der Waals surface area (Å²) in [5.41, 5.74) is 1.21. The molecule has 1 aromatic carbocycles. The summed E-state index contributed by atoms with van der Waals surface area (Å²) in [4.78, 5) is 15.2. The number of ketones is 1. The highest BCUT2D eigenvalue weighted by atomic mass is 16.3. The van der Waals surface area contributed by atoms with E-state index in [1.807, 2.05) is 6.07 Å². The van der Waals surface area contributed by atoms with E-state index in [2.05, 4.69) is 4.99 Å². The van der Waals surface area contributed by atoms with E-state index in [0.717, 1.165) is 0 Å². The van der Waals surface area contributed by atoms with Crippen molar-refractivity contribution in [3.63, 3.8) is 0 Å². The molecule has 0 heterocycles. The Morgan fingerprint density at radius 1 is 1.47 bits per heavy atom. The highest BCUT2D eigenvalue weighted by Crippen LogP contribution is 2.13. The van der Waals surface area contributed by atoms with E-state index in [9.17, 15) is 9.90 Å². The number of carbonyl (C=O) groups excluding carboxylic acids is 1. The molecule has 1 rings (SSSR count). The van der Waals surface area contributed by atoms with Gasteiger partial charge in [0, 0.05) is 6.21 Å². The molecule has 1 aromatic rings. The lowest BCUT2D eigenvalue weighted by Gasteiger charge is -1.98. The molecule has 86 valence electrons. The molecule has 0 bridgehead atoms. The zero-order valence-corrected chi connectivity index (χ0v) is 9.64. The summed E-state index contributed by atoms with van der Waals surface area (Å²) < 4.78 is 0. The lowest BCUT2D eigenvalue weighted by molar-refractivity contribution is -0.113. The Morgan fingerprint density at radius 3 is 2.71 bits per heavy atom. The summed E-state index contributed by atoms with van der Waals surface area (Å²) in [6, 6.07) is 8.67. The van der Waals surface area contributed by atoms with Crippen LogP contribution >= 0.6 is 0 Å². The SMILES string of the molecule is CC(=O)/C(C=Nc1cccc(C#N)c1)=C(\C)O. The van der Waals surface area contributed by atoms with Crippen LogP contribution in [0.1, 0.15) is 19.4 Å². The monoisotopic (exact) mass is 228 g/mol. The summed E-state index contributed by atoms with van der Waals surface area (Å²) >= 11 is 0. The first-order valence-electron chi connectivity index (χ1n) is 4.99. The standard InChI is InChI=1S/C13H12N2O2/c1-9(16)13(10(2)17)8-15-12-5-3-4-11(6-12)7-14/h3-6,8,16H,1-2H3/b13-9+,15-8?. The van der Waals surface area contributed by atoms with Crippen molar-refractivity contribution in [2.24, 2.45) is 4.99 Å². The van der Waals surface area contributed by atoms with Gasteiger partial charge in [0.05, 0.1) is 22.9 Å². The molecule has 1 N–H and O–H groups in total. The number of Topliss-reactive ketones (excluding diaryl/α,β-unsaturated/α-hetero) is 1. The van der Waals surface area contributed by atoms with Gasteiger partial charge >= 0.3 is 0 Å². The lowest BCUT2D eigenvalue weighted by Crippen LogP contribution is -2.01. The van der Waals surface area contributed by atoms with Gasteiger partial charge in [-0.25, -0.2) is 0 Å². The Hall–Kier alpha value is -2.41.